The number of nitrogens with zero attached hydrogens (tertiary/aromatic N) is 1. The molecule has 1 N–H and O–H groups in total. The molecule has 4 heteroatoms. The van der Waals surface area contributed by atoms with Gasteiger partial charge in [0, 0.05) is 26.1 Å². The van der Waals surface area contributed by atoms with Gasteiger partial charge in [0.1, 0.15) is 12.2 Å². The van der Waals surface area contributed by atoms with Crippen LogP contribution in [-0.2, 0) is 9.53 Å². The van der Waals surface area contributed by atoms with Gasteiger partial charge in [0.25, 0.3) is 0 Å². The molecule has 0 saturated carbocycles. The van der Waals surface area contributed by atoms with Gasteiger partial charge in [0.2, 0.25) is 5.91 Å². The van der Waals surface area contributed by atoms with Gasteiger partial charge in [-0.25, -0.2) is 0 Å². The SMILES string of the molecule is COC1C=C2CCN(C(=O)C(C)C)CC2=CC1O. The molecule has 0 radical (unpaired) electrons. The highest BCUT2D eigenvalue weighted by Gasteiger charge is 2.29. The second-order valence-electron chi connectivity index (χ2n) is 5.24. The van der Waals surface area contributed by atoms with Gasteiger partial charge in [-0.1, -0.05) is 13.8 Å². The molecule has 1 fully saturated rings. The molecule has 2 rings (SSSR count). The number of aliphatic hydroxyl groups excluding tert-OH is 1. The Balaban J connectivity index is 2.12. The number of carbonyl (C=O) groups excluding carboxylic acids is 1. The van der Waals surface area contributed by atoms with Crippen molar-refractivity contribution in [2.24, 2.45) is 5.92 Å². The molecule has 0 aromatic carbocycles. The van der Waals surface area contributed by atoms with E-state index in [2.05, 4.69) is 0 Å². The van der Waals surface area contributed by atoms with Crippen molar-refractivity contribution in [2.45, 2.75) is 32.5 Å². The molecule has 0 aromatic rings. The monoisotopic (exact) mass is 251 g/mol. The van der Waals surface area contributed by atoms with E-state index in [0.717, 1.165) is 18.5 Å². The quantitative estimate of drug-likeness (QED) is 0.800. The minimum absolute atomic E-state index is 0.0244. The number of likely N-dealkylation sites (tertiary alicyclic amines) is 1. The van der Waals surface area contributed by atoms with Crippen molar-refractivity contribution >= 4 is 5.91 Å². The Bertz CT molecular complexity index is 398. The summed E-state index contributed by atoms with van der Waals surface area (Å²) < 4.78 is 5.21. The van der Waals surface area contributed by atoms with Crippen LogP contribution in [0.15, 0.2) is 23.3 Å². The zero-order chi connectivity index (χ0) is 13.3. The van der Waals surface area contributed by atoms with Crippen LogP contribution in [0.5, 0.6) is 0 Å². The van der Waals surface area contributed by atoms with E-state index in [4.69, 9.17) is 4.74 Å². The highest BCUT2D eigenvalue weighted by molar-refractivity contribution is 5.79. The number of fused-ring (bicyclic) bond motifs is 1. The number of piperidine rings is 1. The van der Waals surface area contributed by atoms with Crippen molar-refractivity contribution in [3.8, 4) is 0 Å². The largest absolute Gasteiger partial charge is 0.386 e. The van der Waals surface area contributed by atoms with Crippen LogP contribution in [0, 0.1) is 5.92 Å². The van der Waals surface area contributed by atoms with Crippen molar-refractivity contribution in [3.05, 3.63) is 23.3 Å². The molecule has 2 unspecified atom stereocenters. The molecule has 0 spiro atoms. The van der Waals surface area contributed by atoms with Gasteiger partial charge in [-0.15, -0.1) is 0 Å². The lowest BCUT2D eigenvalue weighted by atomic mass is 9.89. The Morgan fingerprint density at radius 1 is 1.44 bits per heavy atom. The van der Waals surface area contributed by atoms with Crippen molar-refractivity contribution < 1.29 is 14.6 Å². The second-order valence-corrected chi connectivity index (χ2v) is 5.24. The van der Waals surface area contributed by atoms with Gasteiger partial charge in [0.05, 0.1) is 0 Å². The summed E-state index contributed by atoms with van der Waals surface area (Å²) in [7, 11) is 1.60. The minimum Gasteiger partial charge on any atom is -0.386 e. The van der Waals surface area contributed by atoms with E-state index < -0.39 is 6.10 Å². The van der Waals surface area contributed by atoms with Gasteiger partial charge in [-0.05, 0) is 29.7 Å². The van der Waals surface area contributed by atoms with Crippen molar-refractivity contribution in [1.29, 1.82) is 0 Å². The Morgan fingerprint density at radius 3 is 2.78 bits per heavy atom. The fraction of sp³-hybridized carbons (Fsp3) is 0.643. The summed E-state index contributed by atoms with van der Waals surface area (Å²) in [4.78, 5) is 13.8. The van der Waals surface area contributed by atoms with Gasteiger partial charge in [-0.2, -0.15) is 0 Å². The lowest BCUT2D eigenvalue weighted by Gasteiger charge is -2.35. The summed E-state index contributed by atoms with van der Waals surface area (Å²) in [6, 6.07) is 0. The molecule has 1 saturated heterocycles. The number of amides is 1. The third kappa shape index (κ3) is 2.49. The average molecular weight is 251 g/mol. The number of carbonyl (C=O) groups is 1. The van der Waals surface area contributed by atoms with Crippen LogP contribution in [0.2, 0.25) is 0 Å². The van der Waals surface area contributed by atoms with Crippen LogP contribution in [0.3, 0.4) is 0 Å². The predicted octanol–water partition coefficient (Wildman–Crippen LogP) is 1.12. The summed E-state index contributed by atoms with van der Waals surface area (Å²) in [6.07, 6.45) is 3.79. The van der Waals surface area contributed by atoms with Crippen molar-refractivity contribution in [2.75, 3.05) is 20.2 Å². The molecule has 0 aromatic heterocycles. The van der Waals surface area contributed by atoms with Crippen LogP contribution >= 0.6 is 0 Å². The van der Waals surface area contributed by atoms with Gasteiger partial charge >= 0.3 is 0 Å². The van der Waals surface area contributed by atoms with E-state index in [9.17, 15) is 9.90 Å². The topological polar surface area (TPSA) is 49.8 Å². The fourth-order valence-electron chi connectivity index (χ4n) is 2.51. The van der Waals surface area contributed by atoms with E-state index in [1.807, 2.05) is 30.9 Å². The first-order valence-electron chi connectivity index (χ1n) is 6.44. The zero-order valence-electron chi connectivity index (χ0n) is 11.2. The predicted molar refractivity (Wildman–Crippen MR) is 69.0 cm³/mol. The first-order chi connectivity index (χ1) is 8.52. The van der Waals surface area contributed by atoms with E-state index in [1.165, 1.54) is 5.57 Å². The summed E-state index contributed by atoms with van der Waals surface area (Å²) in [6.45, 7) is 5.19. The average Bonchev–Trinajstić information content (AvgIpc) is 2.36. The van der Waals surface area contributed by atoms with E-state index in [0.29, 0.717) is 6.54 Å². The fourth-order valence-corrected chi connectivity index (χ4v) is 2.51. The smallest absolute Gasteiger partial charge is 0.225 e. The highest BCUT2D eigenvalue weighted by atomic mass is 16.5. The summed E-state index contributed by atoms with van der Waals surface area (Å²) in [5.74, 6) is 0.203. The van der Waals surface area contributed by atoms with E-state index in [1.54, 1.807) is 7.11 Å². The van der Waals surface area contributed by atoms with Crippen LogP contribution in [0.25, 0.3) is 0 Å². The third-order valence-electron chi connectivity index (χ3n) is 3.58. The molecule has 18 heavy (non-hydrogen) atoms. The molecular formula is C14H21NO3. The lowest BCUT2D eigenvalue weighted by Crippen LogP contribution is -2.42. The Morgan fingerprint density at radius 2 is 2.17 bits per heavy atom. The standard InChI is InChI=1S/C14H21NO3/c1-9(2)14(17)15-5-4-10-7-13(18-3)12(16)6-11(10)8-15/h6-7,9,12-13,16H,4-5,8H2,1-3H3. The highest BCUT2D eigenvalue weighted by Crippen LogP contribution is 2.28. The van der Waals surface area contributed by atoms with Crippen LogP contribution in [-0.4, -0.2) is 48.3 Å². The van der Waals surface area contributed by atoms with Gasteiger partial charge in [-0.3, -0.25) is 4.79 Å². The molecule has 1 heterocycles. The molecule has 1 aliphatic heterocycles. The molecule has 0 bridgehead atoms. The second kappa shape index (κ2) is 5.24. The maximum absolute atomic E-state index is 12.0. The van der Waals surface area contributed by atoms with Gasteiger partial charge < -0.3 is 14.7 Å². The van der Waals surface area contributed by atoms with Gasteiger partial charge in [0.15, 0.2) is 0 Å². The number of rotatable bonds is 2. The molecule has 4 nitrogen and oxygen atoms in total. The first kappa shape index (κ1) is 13.3. The van der Waals surface area contributed by atoms with Crippen LogP contribution in [0.4, 0.5) is 0 Å². The number of hydrogen-bond donors (Lipinski definition) is 1. The Kier molecular flexibility index (Phi) is 3.88. The minimum atomic E-state index is -0.608. The molecule has 1 amide bonds. The summed E-state index contributed by atoms with van der Waals surface area (Å²) in [5, 5.41) is 9.89. The van der Waals surface area contributed by atoms with Crippen LogP contribution in [0.1, 0.15) is 20.3 Å². The zero-order valence-corrected chi connectivity index (χ0v) is 11.2. The molecular weight excluding hydrogens is 230 g/mol. The van der Waals surface area contributed by atoms with Crippen LogP contribution < -0.4 is 0 Å². The third-order valence-corrected chi connectivity index (χ3v) is 3.58. The normalized spacial score (nSPS) is 27.7. The molecule has 100 valence electrons. The van der Waals surface area contributed by atoms with E-state index >= 15 is 0 Å². The first-order valence-corrected chi connectivity index (χ1v) is 6.44. The van der Waals surface area contributed by atoms with Crippen molar-refractivity contribution in [1.82, 2.24) is 4.90 Å². The number of methoxy groups -OCH3 is 1. The summed E-state index contributed by atoms with van der Waals surface area (Å²) >= 11 is 0. The van der Waals surface area contributed by atoms with Crippen molar-refractivity contribution in [3.63, 3.8) is 0 Å². The summed E-state index contributed by atoms with van der Waals surface area (Å²) in [5.41, 5.74) is 2.27. The lowest BCUT2D eigenvalue weighted by molar-refractivity contribution is -0.134. The Labute approximate surface area is 108 Å². The molecule has 1 aliphatic carbocycles. The van der Waals surface area contributed by atoms with E-state index in [-0.39, 0.29) is 17.9 Å². The molecule has 2 aliphatic rings. The Hall–Kier alpha value is -1.13. The number of ether oxygens (including phenoxy) is 1. The maximum atomic E-state index is 12.0. The number of hydrogen-bond acceptors (Lipinski definition) is 3. The molecule has 2 atom stereocenters. The number of aliphatic hydroxyl groups is 1. The maximum Gasteiger partial charge on any atom is 0.225 e.